The van der Waals surface area contributed by atoms with Gasteiger partial charge in [-0.2, -0.15) is 17.6 Å². The first-order chi connectivity index (χ1) is 21.6. The number of carbonyl (C=O) groups is 1. The van der Waals surface area contributed by atoms with Gasteiger partial charge in [0, 0.05) is 30.2 Å². The van der Waals surface area contributed by atoms with Crippen molar-refractivity contribution < 1.29 is 22.4 Å². The maximum Gasteiger partial charge on any atom is 0.471 e. The number of rotatable bonds is 6. The second kappa shape index (κ2) is 10.7. The molecule has 0 bridgehead atoms. The second-order valence-electron chi connectivity index (χ2n) is 11.4. The summed E-state index contributed by atoms with van der Waals surface area (Å²) in [6.07, 6.45) is 2.73. The first kappa shape index (κ1) is 28.5. The van der Waals surface area contributed by atoms with Gasteiger partial charge in [-0.05, 0) is 68.4 Å². The van der Waals surface area contributed by atoms with E-state index in [4.69, 9.17) is 10.1 Å². The molecule has 1 saturated carbocycles. The summed E-state index contributed by atoms with van der Waals surface area (Å²) in [4.78, 5) is 27.6. The first-order valence-corrected chi connectivity index (χ1v) is 14.4. The third-order valence-corrected chi connectivity index (χ3v) is 8.44. The standard InChI is InChI=1S/C33H27F3N8O/c1-42(2)25-18-32(19-25,40-31(45)33(34,35)36)23-9-11-24(12-10-23)44-30-26-17-22(21-7-4-3-5-8-21)20-39-27(26)13-16-43(30)29(41-44)28-37-14-6-15-38-28/h3-17,20,25H,18-19H2,1-2H3/p+1. The van der Waals surface area contributed by atoms with Crippen molar-refractivity contribution in [2.45, 2.75) is 30.6 Å². The molecule has 1 aliphatic carbocycles. The van der Waals surface area contributed by atoms with Crippen molar-refractivity contribution in [3.05, 3.63) is 103 Å². The van der Waals surface area contributed by atoms with Gasteiger partial charge in [-0.1, -0.05) is 47.1 Å². The zero-order chi connectivity index (χ0) is 31.3. The maximum absolute atomic E-state index is 13.3. The highest BCUT2D eigenvalue weighted by atomic mass is 19.4. The lowest BCUT2D eigenvalue weighted by Gasteiger charge is -2.51. The number of pyridine rings is 2. The molecule has 0 spiro atoms. The first-order valence-electron chi connectivity index (χ1n) is 14.4. The van der Waals surface area contributed by atoms with Gasteiger partial charge in [-0.15, -0.1) is 0 Å². The highest BCUT2D eigenvalue weighted by Gasteiger charge is 2.51. The predicted molar refractivity (Wildman–Crippen MR) is 161 cm³/mol. The lowest BCUT2D eigenvalue weighted by molar-refractivity contribution is -0.499. The summed E-state index contributed by atoms with van der Waals surface area (Å²) in [6.45, 7) is 0. The van der Waals surface area contributed by atoms with E-state index < -0.39 is 17.6 Å². The molecule has 7 rings (SSSR count). The number of hydrogen-bond donors (Lipinski definition) is 1. The molecule has 0 aliphatic heterocycles. The van der Waals surface area contributed by atoms with E-state index in [1.54, 1.807) is 47.4 Å². The van der Waals surface area contributed by atoms with E-state index in [0.717, 1.165) is 22.0 Å². The summed E-state index contributed by atoms with van der Waals surface area (Å²) >= 11 is 0. The van der Waals surface area contributed by atoms with Crippen LogP contribution in [0.3, 0.4) is 0 Å². The third-order valence-electron chi connectivity index (χ3n) is 8.44. The number of benzene rings is 2. The molecule has 0 saturated heterocycles. The minimum atomic E-state index is -4.98. The van der Waals surface area contributed by atoms with Gasteiger partial charge in [0.05, 0.1) is 27.7 Å². The van der Waals surface area contributed by atoms with Crippen LogP contribution in [0, 0.1) is 0 Å². The zero-order valence-corrected chi connectivity index (χ0v) is 24.4. The van der Waals surface area contributed by atoms with Gasteiger partial charge in [0.15, 0.2) is 0 Å². The van der Waals surface area contributed by atoms with Crippen LogP contribution >= 0.6 is 0 Å². The molecular weight excluding hydrogens is 581 g/mol. The van der Waals surface area contributed by atoms with E-state index in [2.05, 4.69) is 21.4 Å². The Balaban J connectivity index is 1.37. The van der Waals surface area contributed by atoms with Gasteiger partial charge in [-0.3, -0.25) is 9.78 Å². The van der Waals surface area contributed by atoms with E-state index in [9.17, 15) is 18.0 Å². The minimum absolute atomic E-state index is 0.0378. The Bertz CT molecular complexity index is 2020. The van der Waals surface area contributed by atoms with Crippen LogP contribution < -0.4 is 9.72 Å². The molecule has 1 N–H and O–H groups in total. The van der Waals surface area contributed by atoms with Crippen LogP contribution in [0.4, 0.5) is 13.2 Å². The van der Waals surface area contributed by atoms with Gasteiger partial charge < -0.3 is 10.2 Å². The minimum Gasteiger partial charge on any atom is -0.339 e. The number of nitrogens with zero attached hydrogens (tertiary/aromatic N) is 7. The van der Waals surface area contributed by atoms with Crippen molar-refractivity contribution in [1.29, 1.82) is 0 Å². The van der Waals surface area contributed by atoms with Crippen molar-refractivity contribution in [2.24, 2.45) is 0 Å². The SMILES string of the molecule is CN(C)C1CC(NC(=O)C(F)(F)F)(c2ccc(-n3nc(-c4ncccn4)[n+]4ccc5ncc(-c6ccccc6)cc5c34)cc2)C1. The molecule has 0 atom stereocenters. The van der Waals surface area contributed by atoms with Crippen LogP contribution in [0.15, 0.2) is 97.6 Å². The zero-order valence-electron chi connectivity index (χ0n) is 24.4. The van der Waals surface area contributed by atoms with E-state index >= 15 is 0 Å². The van der Waals surface area contributed by atoms with E-state index in [-0.39, 0.29) is 6.04 Å². The molecule has 226 valence electrons. The summed E-state index contributed by atoms with van der Waals surface area (Å²) in [5, 5.41) is 8.05. The number of hydrogen-bond acceptors (Lipinski definition) is 6. The van der Waals surface area contributed by atoms with Crippen LogP contribution in [0.2, 0.25) is 0 Å². The topological polar surface area (TPSA) is 92.9 Å². The van der Waals surface area contributed by atoms with Gasteiger partial charge in [0.2, 0.25) is 5.82 Å². The molecular formula is C33H28F3N8O+. The van der Waals surface area contributed by atoms with E-state index in [0.29, 0.717) is 41.4 Å². The van der Waals surface area contributed by atoms with Gasteiger partial charge in [0.1, 0.15) is 5.69 Å². The predicted octanol–water partition coefficient (Wildman–Crippen LogP) is 4.88. The maximum atomic E-state index is 13.3. The number of aromatic nitrogens is 6. The number of amides is 1. The summed E-state index contributed by atoms with van der Waals surface area (Å²) in [6, 6.07) is 22.8. The van der Waals surface area contributed by atoms with Crippen LogP contribution in [0.1, 0.15) is 18.4 Å². The normalized spacial score (nSPS) is 18.3. The van der Waals surface area contributed by atoms with E-state index in [1.807, 2.05) is 72.2 Å². The Kier molecular flexibility index (Phi) is 6.81. The number of alkyl halides is 3. The van der Waals surface area contributed by atoms with Gasteiger partial charge >= 0.3 is 17.9 Å². The fraction of sp³-hybridized carbons (Fsp3) is 0.212. The average Bonchev–Trinajstić information content (AvgIpc) is 3.43. The largest absolute Gasteiger partial charge is 0.471 e. The monoisotopic (exact) mass is 609 g/mol. The molecule has 1 fully saturated rings. The molecule has 6 aromatic rings. The molecule has 0 radical (unpaired) electrons. The van der Waals surface area contributed by atoms with Crippen molar-refractivity contribution in [3.63, 3.8) is 0 Å². The quantitative estimate of drug-likeness (QED) is 0.271. The number of nitrogens with one attached hydrogen (secondary N) is 1. The average molecular weight is 610 g/mol. The Morgan fingerprint density at radius 3 is 2.33 bits per heavy atom. The Morgan fingerprint density at radius 1 is 0.956 bits per heavy atom. The molecule has 0 unspecified atom stereocenters. The summed E-state index contributed by atoms with van der Waals surface area (Å²) in [7, 11) is 3.75. The smallest absolute Gasteiger partial charge is 0.339 e. The van der Waals surface area contributed by atoms with Crippen molar-refractivity contribution >= 4 is 22.5 Å². The van der Waals surface area contributed by atoms with E-state index in [1.165, 1.54) is 0 Å². The van der Waals surface area contributed by atoms with Crippen molar-refractivity contribution in [1.82, 2.24) is 34.9 Å². The Labute approximate surface area is 256 Å². The van der Waals surface area contributed by atoms with Crippen LogP contribution in [-0.2, 0) is 10.3 Å². The fourth-order valence-corrected chi connectivity index (χ4v) is 5.98. The Hall–Kier alpha value is -5.23. The van der Waals surface area contributed by atoms with Crippen LogP contribution in [0.5, 0.6) is 0 Å². The number of fused-ring (bicyclic) bond motifs is 3. The molecule has 1 amide bonds. The van der Waals surface area contributed by atoms with Crippen molar-refractivity contribution in [3.8, 4) is 28.5 Å². The van der Waals surface area contributed by atoms with Gasteiger partial charge in [-0.25, -0.2) is 9.97 Å². The van der Waals surface area contributed by atoms with Crippen LogP contribution in [0.25, 0.3) is 45.0 Å². The summed E-state index contributed by atoms with van der Waals surface area (Å²) < 4.78 is 43.6. The molecule has 9 nitrogen and oxygen atoms in total. The van der Waals surface area contributed by atoms with Gasteiger partial charge in [0.25, 0.3) is 5.65 Å². The summed E-state index contributed by atoms with van der Waals surface area (Å²) in [5.41, 5.74) is 3.53. The lowest BCUT2D eigenvalue weighted by atomic mass is 9.67. The summed E-state index contributed by atoms with van der Waals surface area (Å²) in [5.74, 6) is -1.02. The highest BCUT2D eigenvalue weighted by molar-refractivity contribution is 5.93. The molecule has 45 heavy (non-hydrogen) atoms. The molecule has 4 heterocycles. The fourth-order valence-electron chi connectivity index (χ4n) is 5.98. The van der Waals surface area contributed by atoms with Crippen molar-refractivity contribution in [2.75, 3.05) is 14.1 Å². The second-order valence-corrected chi connectivity index (χ2v) is 11.4. The molecule has 2 aromatic carbocycles. The number of carbonyl (C=O) groups excluding carboxylic acids is 1. The third kappa shape index (κ3) is 5.06. The van der Waals surface area contributed by atoms with Crippen LogP contribution in [-0.4, -0.2) is 61.9 Å². The molecule has 1 aliphatic rings. The Morgan fingerprint density at radius 2 is 1.67 bits per heavy atom. The molecule has 12 heteroatoms. The molecule has 4 aromatic heterocycles. The lowest BCUT2D eigenvalue weighted by Crippen LogP contribution is -2.62. The highest BCUT2D eigenvalue weighted by Crippen LogP contribution is 2.44. The number of halogens is 3.